The van der Waals surface area contributed by atoms with Crippen molar-refractivity contribution in [1.82, 2.24) is 9.97 Å². The lowest BCUT2D eigenvalue weighted by molar-refractivity contribution is 0.669. The molecule has 260 valence electrons. The predicted molar refractivity (Wildman–Crippen MR) is 227 cm³/mol. The zero-order valence-electron chi connectivity index (χ0n) is 30.3. The summed E-state index contributed by atoms with van der Waals surface area (Å²) >= 11 is 0. The van der Waals surface area contributed by atoms with Crippen LogP contribution in [0.3, 0.4) is 0 Å². The first-order valence-electron chi connectivity index (χ1n) is 19.2. The van der Waals surface area contributed by atoms with E-state index in [-0.39, 0.29) is 0 Å². The number of rotatable bonds is 4. The van der Waals surface area contributed by atoms with E-state index in [9.17, 15) is 0 Å². The first-order chi connectivity index (χ1) is 27.8. The van der Waals surface area contributed by atoms with Crippen LogP contribution < -0.4 is 0 Å². The van der Waals surface area contributed by atoms with Gasteiger partial charge in [-0.1, -0.05) is 170 Å². The van der Waals surface area contributed by atoms with E-state index >= 15 is 0 Å². The van der Waals surface area contributed by atoms with Crippen molar-refractivity contribution in [3.05, 3.63) is 216 Å². The molecule has 2 heterocycles. The monoisotopic (exact) mass is 712 g/mol. The Morgan fingerprint density at radius 3 is 1.62 bits per heavy atom. The molecule has 0 bridgehead atoms. The molecule has 3 nitrogen and oxygen atoms in total. The highest BCUT2D eigenvalue weighted by molar-refractivity contribution is 6.16. The second-order valence-corrected chi connectivity index (χ2v) is 14.8. The zero-order chi connectivity index (χ0) is 36.8. The number of fused-ring (bicyclic) bond motifs is 14. The van der Waals surface area contributed by atoms with Gasteiger partial charge in [0.25, 0.3) is 0 Å². The summed E-state index contributed by atoms with van der Waals surface area (Å²) in [6, 6.07) is 69.4. The van der Waals surface area contributed by atoms with E-state index in [0.29, 0.717) is 5.82 Å². The van der Waals surface area contributed by atoms with Crippen molar-refractivity contribution in [2.75, 3.05) is 0 Å². The fraction of sp³-hybridized carbons (Fsp3) is 0.0189. The molecule has 0 amide bonds. The topological polar surface area (TPSA) is 38.9 Å². The number of nitrogens with zero attached hydrogens (tertiary/aromatic N) is 2. The Morgan fingerprint density at radius 2 is 0.911 bits per heavy atom. The molecule has 0 N–H and O–H groups in total. The van der Waals surface area contributed by atoms with Gasteiger partial charge in [0.1, 0.15) is 11.2 Å². The van der Waals surface area contributed by atoms with Gasteiger partial charge in [0, 0.05) is 33.0 Å². The van der Waals surface area contributed by atoms with Gasteiger partial charge >= 0.3 is 0 Å². The van der Waals surface area contributed by atoms with E-state index < -0.39 is 5.41 Å². The molecule has 0 radical (unpaired) electrons. The highest BCUT2D eigenvalue weighted by atomic mass is 16.3. The van der Waals surface area contributed by atoms with Gasteiger partial charge in [-0.2, -0.15) is 0 Å². The predicted octanol–water partition coefficient (Wildman–Crippen LogP) is 13.4. The van der Waals surface area contributed by atoms with E-state index in [2.05, 4.69) is 170 Å². The standard InChI is InChI=1S/C53H32N2O/c1-3-16-33(17-4-1)46-32-47(55-52(54-46)34-18-5-2-6-19-34)36-21-15-20-35(30-36)41-31-42-39-24-10-14-29-48(39)56-51(42)49-40-25-9-13-28-45(40)53(50(41)49)43-26-11-7-22-37(43)38-23-8-12-27-44(38)53/h1-32H. The molecule has 0 atom stereocenters. The maximum absolute atomic E-state index is 6.91. The Morgan fingerprint density at radius 1 is 0.375 bits per heavy atom. The molecule has 0 aliphatic heterocycles. The quantitative estimate of drug-likeness (QED) is 0.182. The normalized spacial score (nSPS) is 13.1. The van der Waals surface area contributed by atoms with Crippen molar-refractivity contribution in [2.24, 2.45) is 0 Å². The molecular weight excluding hydrogens is 681 g/mol. The summed E-state index contributed by atoms with van der Waals surface area (Å²) in [7, 11) is 0. The zero-order valence-corrected chi connectivity index (χ0v) is 30.3. The largest absolute Gasteiger partial charge is 0.455 e. The van der Waals surface area contributed by atoms with E-state index in [1.165, 1.54) is 50.1 Å². The minimum Gasteiger partial charge on any atom is -0.455 e. The van der Waals surface area contributed by atoms with Crippen LogP contribution >= 0.6 is 0 Å². The van der Waals surface area contributed by atoms with E-state index in [0.717, 1.165) is 55.6 Å². The maximum atomic E-state index is 6.91. The van der Waals surface area contributed by atoms with E-state index in [1.54, 1.807) is 0 Å². The van der Waals surface area contributed by atoms with Gasteiger partial charge in [0.2, 0.25) is 0 Å². The smallest absolute Gasteiger partial charge is 0.160 e. The lowest BCUT2D eigenvalue weighted by Gasteiger charge is -2.32. The number of para-hydroxylation sites is 1. The Hall–Kier alpha value is -7.36. The molecule has 8 aromatic carbocycles. The number of aromatic nitrogens is 2. The van der Waals surface area contributed by atoms with E-state index in [4.69, 9.17) is 14.4 Å². The van der Waals surface area contributed by atoms with Crippen LogP contribution in [0.1, 0.15) is 22.3 Å². The van der Waals surface area contributed by atoms with Crippen molar-refractivity contribution in [2.45, 2.75) is 5.41 Å². The number of hydrogen-bond donors (Lipinski definition) is 0. The molecule has 10 aromatic rings. The molecule has 0 unspecified atom stereocenters. The third kappa shape index (κ3) is 4.28. The number of benzene rings is 8. The SMILES string of the molecule is c1ccc(-c2cc(-c3cccc(-c4cc5c(oc6ccccc65)c5c4C4(c6ccccc6-c6ccccc64)c4ccccc4-5)c3)nc(-c3ccccc3)n2)cc1. The summed E-state index contributed by atoms with van der Waals surface area (Å²) in [5.74, 6) is 0.702. The minimum absolute atomic E-state index is 0.548. The van der Waals surface area contributed by atoms with Gasteiger partial charge in [-0.15, -0.1) is 0 Å². The summed E-state index contributed by atoms with van der Waals surface area (Å²) in [5.41, 5.74) is 18.5. The van der Waals surface area contributed by atoms with Gasteiger partial charge in [-0.25, -0.2) is 9.97 Å². The fourth-order valence-corrected chi connectivity index (χ4v) is 9.60. The Bertz CT molecular complexity index is 3090. The first-order valence-corrected chi connectivity index (χ1v) is 19.2. The highest BCUT2D eigenvalue weighted by Gasteiger charge is 2.53. The van der Waals surface area contributed by atoms with Crippen LogP contribution in [-0.4, -0.2) is 9.97 Å². The Balaban J connectivity index is 1.18. The molecular formula is C53H32N2O. The van der Waals surface area contributed by atoms with Gasteiger partial charge in [-0.3, -0.25) is 0 Å². The van der Waals surface area contributed by atoms with Crippen molar-refractivity contribution in [1.29, 1.82) is 0 Å². The van der Waals surface area contributed by atoms with Crippen LogP contribution in [0.25, 0.3) is 89.2 Å². The molecule has 0 saturated carbocycles. The summed E-state index contributed by atoms with van der Waals surface area (Å²) in [6.07, 6.45) is 0. The fourth-order valence-electron chi connectivity index (χ4n) is 9.60. The lowest BCUT2D eigenvalue weighted by Crippen LogP contribution is -2.26. The molecule has 3 heteroatoms. The van der Waals surface area contributed by atoms with Crippen LogP contribution in [0.2, 0.25) is 0 Å². The van der Waals surface area contributed by atoms with Gasteiger partial charge in [0.15, 0.2) is 5.82 Å². The molecule has 0 fully saturated rings. The summed E-state index contributed by atoms with van der Waals surface area (Å²) < 4.78 is 6.91. The van der Waals surface area contributed by atoms with E-state index in [1.807, 2.05) is 24.3 Å². The average Bonchev–Trinajstić information content (AvgIpc) is 3.91. The minimum atomic E-state index is -0.548. The molecule has 2 aromatic heterocycles. The van der Waals surface area contributed by atoms with Crippen LogP contribution in [-0.2, 0) is 5.41 Å². The van der Waals surface area contributed by atoms with Crippen molar-refractivity contribution in [3.8, 4) is 67.3 Å². The van der Waals surface area contributed by atoms with Gasteiger partial charge in [0.05, 0.1) is 16.8 Å². The molecule has 0 saturated heterocycles. The van der Waals surface area contributed by atoms with Crippen LogP contribution in [0.5, 0.6) is 0 Å². The summed E-state index contributed by atoms with van der Waals surface area (Å²) in [5, 5.41) is 2.23. The first kappa shape index (κ1) is 31.0. The van der Waals surface area contributed by atoms with Crippen LogP contribution in [0, 0.1) is 0 Å². The molecule has 2 aliphatic rings. The Labute approximate surface area is 324 Å². The summed E-state index contributed by atoms with van der Waals surface area (Å²) in [6.45, 7) is 0. The number of furan rings is 1. The molecule has 1 spiro atoms. The number of hydrogen-bond acceptors (Lipinski definition) is 3. The van der Waals surface area contributed by atoms with Crippen molar-refractivity contribution in [3.63, 3.8) is 0 Å². The molecule has 12 rings (SSSR count). The third-order valence-electron chi connectivity index (χ3n) is 11.9. The lowest BCUT2D eigenvalue weighted by atomic mass is 9.68. The molecule has 56 heavy (non-hydrogen) atoms. The third-order valence-corrected chi connectivity index (χ3v) is 11.9. The maximum Gasteiger partial charge on any atom is 0.160 e. The second kappa shape index (κ2) is 11.8. The van der Waals surface area contributed by atoms with Crippen molar-refractivity contribution >= 4 is 21.9 Å². The van der Waals surface area contributed by atoms with Gasteiger partial charge < -0.3 is 4.42 Å². The highest BCUT2D eigenvalue weighted by Crippen LogP contribution is 2.66. The summed E-state index contributed by atoms with van der Waals surface area (Å²) in [4.78, 5) is 10.3. The second-order valence-electron chi connectivity index (χ2n) is 14.8. The molecule has 2 aliphatic carbocycles. The van der Waals surface area contributed by atoms with Crippen molar-refractivity contribution < 1.29 is 4.42 Å². The average molecular weight is 713 g/mol. The van der Waals surface area contributed by atoms with Gasteiger partial charge in [-0.05, 0) is 74.3 Å². The van der Waals surface area contributed by atoms with Crippen LogP contribution in [0.4, 0.5) is 0 Å². The Kier molecular flexibility index (Phi) is 6.55. The van der Waals surface area contributed by atoms with Crippen LogP contribution in [0.15, 0.2) is 199 Å².